The second-order valence-corrected chi connectivity index (χ2v) is 7.97. The van der Waals surface area contributed by atoms with Crippen molar-refractivity contribution in [2.45, 2.75) is 6.92 Å². The van der Waals surface area contributed by atoms with Gasteiger partial charge in [-0.3, -0.25) is 9.78 Å². The van der Waals surface area contributed by atoms with Crippen LogP contribution in [0.3, 0.4) is 0 Å². The monoisotopic (exact) mass is 444 g/mol. The van der Waals surface area contributed by atoms with Crippen molar-refractivity contribution >= 4 is 56.5 Å². The Bertz CT molecular complexity index is 1230. The highest BCUT2D eigenvalue weighted by Crippen LogP contribution is 2.42. The summed E-state index contributed by atoms with van der Waals surface area (Å²) in [4.78, 5) is 26.0. The van der Waals surface area contributed by atoms with Crippen molar-refractivity contribution in [1.29, 1.82) is 0 Å². The number of hydrogen-bond acceptors (Lipinski definition) is 7. The van der Waals surface area contributed by atoms with E-state index in [0.29, 0.717) is 32.6 Å². The Morgan fingerprint density at radius 3 is 2.79 bits per heavy atom. The first-order valence-corrected chi connectivity index (χ1v) is 10.1. The lowest BCUT2D eigenvalue weighted by Crippen LogP contribution is -2.12. The molecule has 0 unspecified atom stereocenters. The minimum Gasteiger partial charge on any atom is -0.485 e. The molecule has 29 heavy (non-hydrogen) atoms. The number of fused-ring (bicyclic) bond motifs is 1. The molecule has 0 fully saturated rings. The zero-order valence-electron chi connectivity index (χ0n) is 15.1. The maximum atomic E-state index is 12.5. The first-order valence-electron chi connectivity index (χ1n) is 8.51. The molecule has 0 aliphatic carbocycles. The minimum atomic E-state index is -0.220. The number of nitrogens with zero attached hydrogens (tertiary/aromatic N) is 3. The van der Waals surface area contributed by atoms with Crippen molar-refractivity contribution in [3.63, 3.8) is 0 Å². The lowest BCUT2D eigenvalue weighted by Gasteiger charge is -2.14. The number of ether oxygens (including phenoxy) is 1. The van der Waals surface area contributed by atoms with Crippen LogP contribution in [0.4, 0.5) is 5.95 Å². The Morgan fingerprint density at radius 2 is 2.03 bits per heavy atom. The zero-order valence-corrected chi connectivity index (χ0v) is 17.5. The summed E-state index contributed by atoms with van der Waals surface area (Å²) >= 11 is 14.1. The van der Waals surface area contributed by atoms with Crippen LogP contribution < -0.4 is 10.5 Å². The van der Waals surface area contributed by atoms with E-state index in [1.54, 1.807) is 24.3 Å². The molecule has 9 heteroatoms. The van der Waals surface area contributed by atoms with Gasteiger partial charge in [-0.25, -0.2) is 9.97 Å². The fourth-order valence-corrected chi connectivity index (χ4v) is 4.15. The molecule has 0 radical (unpaired) electrons. The van der Waals surface area contributed by atoms with Gasteiger partial charge in [-0.1, -0.05) is 23.2 Å². The van der Waals surface area contributed by atoms with Gasteiger partial charge >= 0.3 is 0 Å². The van der Waals surface area contributed by atoms with Gasteiger partial charge in [-0.2, -0.15) is 0 Å². The van der Waals surface area contributed by atoms with Gasteiger partial charge in [0, 0.05) is 27.9 Å². The molecule has 0 aliphatic heterocycles. The smallest absolute Gasteiger partial charge is 0.221 e. The fourth-order valence-electron chi connectivity index (χ4n) is 2.82. The third kappa shape index (κ3) is 4.03. The normalized spacial score (nSPS) is 11.0. The summed E-state index contributed by atoms with van der Waals surface area (Å²) in [5.41, 5.74) is 8.18. The van der Waals surface area contributed by atoms with E-state index < -0.39 is 0 Å². The molecule has 0 bridgehead atoms. The number of pyridine rings is 1. The Balaban J connectivity index is 1.73. The first kappa shape index (κ1) is 19.6. The van der Waals surface area contributed by atoms with E-state index in [1.807, 2.05) is 18.4 Å². The molecule has 0 spiro atoms. The molecule has 0 amide bonds. The summed E-state index contributed by atoms with van der Waals surface area (Å²) < 4.78 is 5.82. The second-order valence-electron chi connectivity index (χ2n) is 6.23. The number of anilines is 1. The molecule has 0 atom stereocenters. The van der Waals surface area contributed by atoms with Crippen LogP contribution in [0.1, 0.15) is 16.1 Å². The zero-order chi connectivity index (χ0) is 20.5. The predicted octanol–water partition coefficient (Wildman–Crippen LogP) is 5.21. The van der Waals surface area contributed by atoms with Crippen LogP contribution in [0.25, 0.3) is 21.5 Å². The average molecular weight is 445 g/mol. The number of Topliss-reactive ketones (excluding diaryl/α,β-unsaturated/α-hetero) is 1. The van der Waals surface area contributed by atoms with Crippen LogP contribution in [0.15, 0.2) is 41.9 Å². The van der Waals surface area contributed by atoms with E-state index >= 15 is 0 Å². The Labute approximate surface area is 180 Å². The summed E-state index contributed by atoms with van der Waals surface area (Å²) in [6.07, 6.45) is 1.52. The van der Waals surface area contributed by atoms with Gasteiger partial charge in [0.2, 0.25) is 11.7 Å². The van der Waals surface area contributed by atoms with Crippen molar-refractivity contribution < 1.29 is 9.53 Å². The van der Waals surface area contributed by atoms with Crippen LogP contribution in [-0.4, -0.2) is 27.3 Å². The first-order chi connectivity index (χ1) is 13.9. The number of carbonyl (C=O) groups excluding carboxylic acids is 1. The molecular formula is C20H14Cl2N4O2S. The Kier molecular flexibility index (Phi) is 5.36. The number of thiophene rings is 1. The van der Waals surface area contributed by atoms with E-state index in [4.69, 9.17) is 33.7 Å². The van der Waals surface area contributed by atoms with Gasteiger partial charge in [0.15, 0.2) is 6.61 Å². The number of nitrogens with two attached hydrogens (primary N) is 1. The SMILES string of the molecule is Cc1ccc(C(=O)COc2cc(Cl)cc(Cl)c2-c2nc(N)nc3sccc23)cn1. The quantitative estimate of drug-likeness (QED) is 0.424. The minimum absolute atomic E-state index is 0.119. The number of halogens is 2. The van der Waals surface area contributed by atoms with Gasteiger partial charge in [0.05, 0.1) is 16.3 Å². The number of aromatic nitrogens is 3. The van der Waals surface area contributed by atoms with Crippen LogP contribution in [0.5, 0.6) is 5.75 Å². The summed E-state index contributed by atoms with van der Waals surface area (Å²) in [7, 11) is 0. The van der Waals surface area contributed by atoms with Crippen LogP contribution >= 0.6 is 34.5 Å². The number of hydrogen-bond donors (Lipinski definition) is 1. The number of carbonyl (C=O) groups is 1. The highest BCUT2D eigenvalue weighted by molar-refractivity contribution is 7.16. The van der Waals surface area contributed by atoms with Crippen LogP contribution in [0, 0.1) is 6.92 Å². The number of nitrogen functional groups attached to an aromatic ring is 1. The van der Waals surface area contributed by atoms with Gasteiger partial charge in [-0.05, 0) is 42.6 Å². The van der Waals surface area contributed by atoms with Crippen LogP contribution in [-0.2, 0) is 0 Å². The Hall–Kier alpha value is -2.74. The highest BCUT2D eigenvalue weighted by atomic mass is 35.5. The van der Waals surface area contributed by atoms with E-state index in [-0.39, 0.29) is 18.3 Å². The molecule has 3 heterocycles. The maximum absolute atomic E-state index is 12.5. The Morgan fingerprint density at radius 1 is 1.21 bits per heavy atom. The standard InChI is InChI=1S/C20H14Cl2N4O2S/c1-10-2-3-11(8-24-10)15(27)9-28-16-7-12(21)6-14(22)17(16)18-13-4-5-29-19(13)26-20(23)25-18/h2-8H,9H2,1H3,(H2,23,25,26). The number of benzene rings is 1. The lowest BCUT2D eigenvalue weighted by atomic mass is 10.1. The van der Waals surface area contributed by atoms with E-state index in [0.717, 1.165) is 15.9 Å². The molecule has 0 saturated carbocycles. The summed E-state index contributed by atoms with van der Waals surface area (Å²) in [5.74, 6) is 0.234. The second kappa shape index (κ2) is 7.94. The largest absolute Gasteiger partial charge is 0.485 e. The number of rotatable bonds is 5. The lowest BCUT2D eigenvalue weighted by molar-refractivity contribution is 0.0921. The summed E-state index contributed by atoms with van der Waals surface area (Å²) in [6.45, 7) is 1.64. The molecule has 4 rings (SSSR count). The molecule has 4 aromatic rings. The van der Waals surface area contributed by atoms with Crippen LogP contribution in [0.2, 0.25) is 10.0 Å². The van der Waals surface area contributed by atoms with Crippen molar-refractivity contribution in [2.75, 3.05) is 12.3 Å². The van der Waals surface area contributed by atoms with E-state index in [9.17, 15) is 4.79 Å². The number of ketones is 1. The fraction of sp³-hybridized carbons (Fsp3) is 0.100. The summed E-state index contributed by atoms with van der Waals surface area (Å²) in [5, 5.41) is 3.39. The van der Waals surface area contributed by atoms with Gasteiger partial charge in [0.1, 0.15) is 10.6 Å². The number of aryl methyl sites for hydroxylation is 1. The van der Waals surface area contributed by atoms with Crippen molar-refractivity contribution in [2.24, 2.45) is 0 Å². The van der Waals surface area contributed by atoms with Crippen molar-refractivity contribution in [1.82, 2.24) is 15.0 Å². The van der Waals surface area contributed by atoms with Gasteiger partial charge in [-0.15, -0.1) is 11.3 Å². The molecule has 3 aromatic heterocycles. The third-order valence-corrected chi connectivity index (χ3v) is 5.51. The maximum Gasteiger partial charge on any atom is 0.221 e. The van der Waals surface area contributed by atoms with Crippen molar-refractivity contribution in [3.05, 3.63) is 63.2 Å². The predicted molar refractivity (Wildman–Crippen MR) is 116 cm³/mol. The third-order valence-electron chi connectivity index (χ3n) is 4.19. The highest BCUT2D eigenvalue weighted by Gasteiger charge is 2.20. The molecule has 0 aliphatic rings. The molecular weight excluding hydrogens is 431 g/mol. The molecule has 1 aromatic carbocycles. The van der Waals surface area contributed by atoms with E-state index in [1.165, 1.54) is 17.5 Å². The molecule has 146 valence electrons. The van der Waals surface area contributed by atoms with Crippen molar-refractivity contribution in [3.8, 4) is 17.0 Å². The topological polar surface area (TPSA) is 91.0 Å². The molecule has 0 saturated heterocycles. The average Bonchev–Trinajstić information content (AvgIpc) is 3.14. The molecule has 2 N–H and O–H groups in total. The van der Waals surface area contributed by atoms with Gasteiger partial charge < -0.3 is 10.5 Å². The summed E-state index contributed by atoms with van der Waals surface area (Å²) in [6, 6.07) is 8.55. The van der Waals surface area contributed by atoms with Gasteiger partial charge in [0.25, 0.3) is 0 Å². The molecule has 6 nitrogen and oxygen atoms in total. The van der Waals surface area contributed by atoms with E-state index in [2.05, 4.69) is 15.0 Å².